The highest BCUT2D eigenvalue weighted by Crippen LogP contribution is 2.43. The van der Waals surface area contributed by atoms with Crippen LogP contribution < -0.4 is 25.3 Å². The van der Waals surface area contributed by atoms with Gasteiger partial charge in [-0.15, -0.1) is 0 Å². The number of aliphatic imine (C=N–C) groups is 3. The minimum Gasteiger partial charge on any atom is -0.340 e. The van der Waals surface area contributed by atoms with E-state index in [1.54, 1.807) is 83.9 Å². The van der Waals surface area contributed by atoms with Crippen LogP contribution in [0.3, 0.4) is 0 Å². The summed E-state index contributed by atoms with van der Waals surface area (Å²) < 4.78 is 60.5. The summed E-state index contributed by atoms with van der Waals surface area (Å²) in [5.41, 5.74) is 11.1. The van der Waals surface area contributed by atoms with Gasteiger partial charge < -0.3 is 10.6 Å². The summed E-state index contributed by atoms with van der Waals surface area (Å²) in [6.45, 7) is 19.2. The van der Waals surface area contributed by atoms with Crippen LogP contribution in [0.25, 0.3) is 33.8 Å². The van der Waals surface area contributed by atoms with Crippen molar-refractivity contribution in [1.29, 1.82) is 0 Å². The van der Waals surface area contributed by atoms with Crippen molar-refractivity contribution in [2.45, 2.75) is 104 Å². The third-order valence-electron chi connectivity index (χ3n) is 19.6. The first kappa shape index (κ1) is 71.9. The van der Waals surface area contributed by atoms with Crippen molar-refractivity contribution in [3.8, 4) is 33.8 Å². The van der Waals surface area contributed by atoms with E-state index < -0.39 is 23.1 Å². The molecule has 3 amide bonds. The SMILES string of the molecule is CCCc1c2c(nn1Cc1ccc(-c3cccc(F)n3)cc1)N1CC(C)(C)N=C1N(C)C2=O.CN1C(=O)c2c(nn(Cc3ccc(-c4ccccn4)cc3)c2Nc2ccc(F)c(F)c2)N2CC(C)(C)N=C12.Cc1cc(Nc2c3c(nn2Cc2ccc(-c4ccccn4)cc2)N2CC(C)(C)N=C2N(C)C3=O)ccc1F. The van der Waals surface area contributed by atoms with Crippen molar-refractivity contribution in [3.63, 3.8) is 0 Å². The first-order chi connectivity index (χ1) is 52.2. The molecular weight excluding hydrogens is 1390 g/mol. The molecule has 0 unspecified atom stereocenters. The van der Waals surface area contributed by atoms with E-state index in [0.717, 1.165) is 75.4 Å². The van der Waals surface area contributed by atoms with Crippen LogP contribution in [0.5, 0.6) is 0 Å². The number of fused-ring (bicyclic) bond motifs is 9. The number of nitrogens with zero attached hydrogens (tertiary/aromatic N) is 18. The molecule has 0 saturated heterocycles. The van der Waals surface area contributed by atoms with Crippen molar-refractivity contribution in [3.05, 3.63) is 244 Å². The maximum atomic E-state index is 14.0. The van der Waals surface area contributed by atoms with Crippen LogP contribution in [0.4, 0.5) is 58.0 Å². The monoisotopic (exact) mass is 1470 g/mol. The largest absolute Gasteiger partial charge is 0.340 e. The minimum atomic E-state index is -0.987. The van der Waals surface area contributed by atoms with Gasteiger partial charge in [0.15, 0.2) is 29.1 Å². The van der Waals surface area contributed by atoms with E-state index in [1.807, 2.05) is 151 Å². The first-order valence-electron chi connectivity index (χ1n) is 35.9. The van der Waals surface area contributed by atoms with Crippen LogP contribution >= 0.6 is 0 Å². The molecule has 6 aliphatic heterocycles. The second-order valence-electron chi connectivity index (χ2n) is 29.7. The van der Waals surface area contributed by atoms with Crippen molar-refractivity contribution in [2.24, 2.45) is 15.0 Å². The van der Waals surface area contributed by atoms with E-state index in [9.17, 15) is 31.9 Å². The molecule has 27 heteroatoms. The maximum Gasteiger partial charge on any atom is 0.267 e. The predicted octanol–water partition coefficient (Wildman–Crippen LogP) is 14.4. The average Bonchev–Trinajstić information content (AvgIpc) is 1.59. The van der Waals surface area contributed by atoms with Gasteiger partial charge in [-0.2, -0.15) is 19.7 Å². The fourth-order valence-electron chi connectivity index (χ4n) is 14.3. The van der Waals surface area contributed by atoms with Gasteiger partial charge in [0.2, 0.25) is 23.8 Å². The van der Waals surface area contributed by atoms with Crippen LogP contribution in [0.1, 0.15) is 114 Å². The van der Waals surface area contributed by atoms with Crippen LogP contribution in [-0.2, 0) is 26.1 Å². The number of aromatic nitrogens is 9. The number of guanidine groups is 3. The van der Waals surface area contributed by atoms with E-state index in [-0.39, 0.29) is 34.6 Å². The maximum absolute atomic E-state index is 14.0. The summed E-state index contributed by atoms with van der Waals surface area (Å²) in [6.07, 6.45) is 5.19. The van der Waals surface area contributed by atoms with Gasteiger partial charge in [-0.25, -0.2) is 42.5 Å². The van der Waals surface area contributed by atoms with Gasteiger partial charge >= 0.3 is 0 Å². The lowest BCUT2D eigenvalue weighted by Crippen LogP contribution is -2.48. The molecule has 12 heterocycles. The van der Waals surface area contributed by atoms with Gasteiger partial charge in [-0.05, 0) is 144 Å². The molecule has 0 aliphatic carbocycles. The summed E-state index contributed by atoms with van der Waals surface area (Å²) in [5.74, 6) is 1.26. The Balaban J connectivity index is 0.000000131. The van der Waals surface area contributed by atoms with Gasteiger partial charge in [0.25, 0.3) is 17.7 Å². The highest BCUT2D eigenvalue weighted by Gasteiger charge is 2.48. The van der Waals surface area contributed by atoms with Crippen LogP contribution in [-0.4, -0.2) is 152 Å². The second kappa shape index (κ2) is 28.2. The van der Waals surface area contributed by atoms with Gasteiger partial charge in [0.1, 0.15) is 34.1 Å². The topological polar surface area (TPSA) is 224 Å². The van der Waals surface area contributed by atoms with Crippen LogP contribution in [0.15, 0.2) is 191 Å². The second-order valence-corrected chi connectivity index (χ2v) is 29.7. The Bertz CT molecular complexity index is 5240. The first-order valence-corrected chi connectivity index (χ1v) is 35.9. The number of benzene rings is 5. The van der Waals surface area contributed by atoms with Crippen molar-refractivity contribution >= 4 is 76.1 Å². The molecule has 0 spiro atoms. The Hall–Kier alpha value is -12.7. The quantitative estimate of drug-likeness (QED) is 0.0720. The molecular formula is C82H80F4N20O3. The zero-order chi connectivity index (χ0) is 76.5. The number of aryl methyl sites for hydroxylation is 1. The Labute approximate surface area is 627 Å². The molecule has 109 heavy (non-hydrogen) atoms. The van der Waals surface area contributed by atoms with Crippen molar-refractivity contribution < 1.29 is 31.9 Å². The smallest absolute Gasteiger partial charge is 0.267 e. The summed E-state index contributed by atoms with van der Waals surface area (Å²) in [6, 6.07) is 48.6. The summed E-state index contributed by atoms with van der Waals surface area (Å²) in [5, 5.41) is 21.1. The molecule has 0 fully saturated rings. The molecule has 554 valence electrons. The molecule has 2 N–H and O–H groups in total. The zero-order valence-electron chi connectivity index (χ0n) is 62.2. The van der Waals surface area contributed by atoms with Crippen LogP contribution in [0, 0.1) is 30.3 Å². The number of carbonyl (C=O) groups is 3. The Morgan fingerprint density at radius 1 is 0.431 bits per heavy atom. The zero-order valence-corrected chi connectivity index (χ0v) is 62.2. The number of hydrogen-bond acceptors (Lipinski definition) is 17. The highest BCUT2D eigenvalue weighted by atomic mass is 19.2. The van der Waals surface area contributed by atoms with E-state index in [0.29, 0.717) is 126 Å². The van der Waals surface area contributed by atoms with Gasteiger partial charge in [0, 0.05) is 67.7 Å². The van der Waals surface area contributed by atoms with Crippen molar-refractivity contribution in [2.75, 3.05) is 66.1 Å². The van der Waals surface area contributed by atoms with E-state index in [4.69, 9.17) is 30.3 Å². The molecule has 23 nitrogen and oxygen atoms in total. The molecule has 17 rings (SSSR count). The van der Waals surface area contributed by atoms with E-state index >= 15 is 0 Å². The Kier molecular flexibility index (Phi) is 18.6. The number of nitrogens with one attached hydrogen (secondary N) is 2. The molecule has 0 bridgehead atoms. The molecule has 0 atom stereocenters. The molecule has 0 radical (unpaired) electrons. The van der Waals surface area contributed by atoms with Gasteiger partial charge in [-0.1, -0.05) is 104 Å². The van der Waals surface area contributed by atoms with Gasteiger partial charge in [-0.3, -0.25) is 58.4 Å². The normalized spacial score (nSPS) is 16.1. The number of rotatable bonds is 15. The third-order valence-corrected chi connectivity index (χ3v) is 19.6. The highest BCUT2D eigenvalue weighted by molar-refractivity contribution is 6.22. The summed E-state index contributed by atoms with van der Waals surface area (Å²) >= 11 is 0. The predicted molar refractivity (Wildman–Crippen MR) is 414 cm³/mol. The van der Waals surface area contributed by atoms with Gasteiger partial charge in [0.05, 0.1) is 78.7 Å². The van der Waals surface area contributed by atoms with E-state index in [2.05, 4.69) is 51.3 Å². The van der Waals surface area contributed by atoms with Crippen molar-refractivity contribution in [1.82, 2.24) is 59.0 Å². The number of hydrogen-bond donors (Lipinski definition) is 2. The lowest BCUT2D eigenvalue weighted by Gasteiger charge is -2.30. The molecule has 6 aliphatic rings. The summed E-state index contributed by atoms with van der Waals surface area (Å²) in [4.78, 5) is 78.2. The molecule has 0 saturated carbocycles. The number of carbonyl (C=O) groups excluding carboxylic acids is 3. The fourth-order valence-corrected chi connectivity index (χ4v) is 14.3. The summed E-state index contributed by atoms with van der Waals surface area (Å²) in [7, 11) is 5.19. The average molecular weight is 1470 g/mol. The van der Waals surface area contributed by atoms with E-state index in [1.165, 1.54) is 23.1 Å². The Morgan fingerprint density at radius 2 is 0.826 bits per heavy atom. The fraction of sp³-hybridized carbons (Fsp3) is 0.268. The standard InChI is InChI=1S/C29H28FN7O.C28H25F2N7O.C25H27FN6O/c1-18-15-21(12-13-22(18)30)32-25-24-26(36-17-29(2,3)33-28(36)35(4)27(24)38)34-37(25)16-19-8-10-20(11-9-19)23-7-5-6-14-31-23;1-28(2)16-36-25-23(26(38)35(3)27(36)33-28)24(32-19-11-12-20(29)21(30)14-19)37(34-25)15-17-7-9-18(10-8-17)22-6-4-5-13-31-22;1-5-7-19-21-22(31-15-25(2,3)28-24(31)30(4)23(21)33)29-32(19)14-16-10-12-17(13-11-16)18-8-6-9-20(26)27-18/h5-15,32H,16-17H2,1-4H3;4-14,32H,15-16H2,1-3H3;6,8-13H,5,7,14-15H2,1-4H3. The lowest BCUT2D eigenvalue weighted by atomic mass is 10.1. The lowest BCUT2D eigenvalue weighted by molar-refractivity contribution is 0.0856. The molecule has 5 aromatic carbocycles. The number of amides is 3. The number of pyridine rings is 3. The number of halogens is 4. The number of anilines is 7. The molecule has 11 aromatic rings. The van der Waals surface area contributed by atoms with Crippen LogP contribution in [0.2, 0.25) is 0 Å². The molecule has 6 aromatic heterocycles. The third kappa shape index (κ3) is 14.1. The minimum absolute atomic E-state index is 0.0556. The Morgan fingerprint density at radius 3 is 1.24 bits per heavy atom.